The molecule has 2 amide bonds. The van der Waals surface area contributed by atoms with Crippen LogP contribution in [0.15, 0.2) is 60.9 Å². The molecule has 2 aromatic heterocycles. The van der Waals surface area contributed by atoms with Gasteiger partial charge in [-0.2, -0.15) is 5.26 Å². The minimum atomic E-state index is -1.09. The first-order valence-electron chi connectivity index (χ1n) is 11.8. The van der Waals surface area contributed by atoms with Crippen molar-refractivity contribution in [2.75, 3.05) is 13.1 Å². The van der Waals surface area contributed by atoms with Gasteiger partial charge in [-0.05, 0) is 48.4 Å². The average Bonchev–Trinajstić information content (AvgIpc) is 3.54. The van der Waals surface area contributed by atoms with Crippen molar-refractivity contribution >= 4 is 57.9 Å². The SMILES string of the molecule is N#CC(=Cc1c[nH]c2ncc(-c3ccc(C(=O)N4CCC(NC(=O)O)C4)cc3)cc12)c1c(Cl)cccc1Cl. The molecule has 4 aromatic rings. The molecule has 1 unspecified atom stereocenters. The molecule has 2 aromatic carbocycles. The molecule has 10 heteroatoms. The lowest BCUT2D eigenvalue weighted by Gasteiger charge is -2.16. The lowest BCUT2D eigenvalue weighted by molar-refractivity contribution is 0.0788. The Morgan fingerprint density at radius 1 is 1.16 bits per heavy atom. The second kappa shape index (κ2) is 10.6. The summed E-state index contributed by atoms with van der Waals surface area (Å²) in [6.45, 7) is 0.849. The quantitative estimate of drug-likeness (QED) is 0.262. The number of halogens is 2. The third-order valence-corrected chi connectivity index (χ3v) is 7.11. The summed E-state index contributed by atoms with van der Waals surface area (Å²) in [4.78, 5) is 33.1. The van der Waals surface area contributed by atoms with Gasteiger partial charge >= 0.3 is 6.09 Å². The average molecular weight is 546 g/mol. The molecule has 38 heavy (non-hydrogen) atoms. The number of allylic oxidation sites excluding steroid dienone is 1. The summed E-state index contributed by atoms with van der Waals surface area (Å²) >= 11 is 12.6. The summed E-state index contributed by atoms with van der Waals surface area (Å²) in [5.41, 5.74) is 4.46. The van der Waals surface area contributed by atoms with Gasteiger partial charge in [0, 0.05) is 53.1 Å². The number of carbonyl (C=O) groups excluding carboxylic acids is 1. The van der Waals surface area contributed by atoms with E-state index in [9.17, 15) is 14.9 Å². The number of carboxylic acid groups (broad SMARTS) is 1. The predicted octanol–water partition coefficient (Wildman–Crippen LogP) is 6.08. The molecule has 0 saturated carbocycles. The van der Waals surface area contributed by atoms with Gasteiger partial charge in [-0.3, -0.25) is 4.79 Å². The number of pyridine rings is 1. The van der Waals surface area contributed by atoms with Crippen LogP contribution in [0.4, 0.5) is 4.79 Å². The molecule has 3 N–H and O–H groups in total. The topological polar surface area (TPSA) is 122 Å². The van der Waals surface area contributed by atoms with Crippen LogP contribution in [0.5, 0.6) is 0 Å². The number of nitriles is 1. The van der Waals surface area contributed by atoms with Crippen LogP contribution in [-0.2, 0) is 0 Å². The Labute approximate surface area is 228 Å². The number of hydrogen-bond donors (Lipinski definition) is 3. The fourth-order valence-corrected chi connectivity index (χ4v) is 5.20. The maximum absolute atomic E-state index is 12.9. The molecular weight excluding hydrogens is 525 g/mol. The number of benzene rings is 2. The Morgan fingerprint density at radius 3 is 2.58 bits per heavy atom. The number of rotatable bonds is 5. The Hall–Kier alpha value is -4.32. The number of carbonyl (C=O) groups is 2. The van der Waals surface area contributed by atoms with E-state index in [1.807, 2.05) is 18.2 Å². The molecule has 1 fully saturated rings. The van der Waals surface area contributed by atoms with E-state index >= 15 is 0 Å². The second-order valence-corrected chi connectivity index (χ2v) is 9.71. The first-order valence-corrected chi connectivity index (χ1v) is 12.5. The van der Waals surface area contributed by atoms with Crippen LogP contribution in [-0.4, -0.2) is 51.1 Å². The summed E-state index contributed by atoms with van der Waals surface area (Å²) in [6, 6.07) is 16.2. The van der Waals surface area contributed by atoms with Crippen LogP contribution in [0.3, 0.4) is 0 Å². The number of hydrogen-bond acceptors (Lipinski definition) is 4. The summed E-state index contributed by atoms with van der Waals surface area (Å²) in [6.07, 6.45) is 4.74. The normalized spacial score (nSPS) is 15.4. The zero-order valence-electron chi connectivity index (χ0n) is 19.9. The summed E-state index contributed by atoms with van der Waals surface area (Å²) in [5.74, 6) is -0.139. The summed E-state index contributed by atoms with van der Waals surface area (Å²) in [7, 11) is 0. The predicted molar refractivity (Wildman–Crippen MR) is 147 cm³/mol. The number of nitrogens with zero attached hydrogens (tertiary/aromatic N) is 3. The largest absolute Gasteiger partial charge is 0.465 e. The molecule has 1 aliphatic rings. The van der Waals surface area contributed by atoms with E-state index in [1.165, 1.54) is 0 Å². The molecule has 0 bridgehead atoms. The third kappa shape index (κ3) is 5.07. The van der Waals surface area contributed by atoms with Crippen molar-refractivity contribution in [3.8, 4) is 17.2 Å². The number of fused-ring (bicyclic) bond motifs is 1. The van der Waals surface area contributed by atoms with E-state index < -0.39 is 6.09 Å². The van der Waals surface area contributed by atoms with Crippen molar-refractivity contribution in [2.24, 2.45) is 0 Å². The van der Waals surface area contributed by atoms with Gasteiger partial charge < -0.3 is 20.3 Å². The highest BCUT2D eigenvalue weighted by Gasteiger charge is 2.27. The molecule has 0 radical (unpaired) electrons. The minimum absolute atomic E-state index is 0.139. The monoisotopic (exact) mass is 545 g/mol. The number of nitrogens with one attached hydrogen (secondary N) is 2. The molecule has 0 aliphatic carbocycles. The van der Waals surface area contributed by atoms with E-state index in [0.717, 1.165) is 22.1 Å². The number of amides is 2. The molecule has 5 rings (SSSR count). The zero-order valence-corrected chi connectivity index (χ0v) is 21.4. The van der Waals surface area contributed by atoms with Gasteiger partial charge in [0.2, 0.25) is 0 Å². The molecule has 190 valence electrons. The van der Waals surface area contributed by atoms with Crippen molar-refractivity contribution < 1.29 is 14.7 Å². The minimum Gasteiger partial charge on any atom is -0.465 e. The van der Waals surface area contributed by atoms with Crippen LogP contribution >= 0.6 is 23.2 Å². The smallest absolute Gasteiger partial charge is 0.404 e. The van der Waals surface area contributed by atoms with Crippen LogP contribution in [0.25, 0.3) is 33.8 Å². The molecule has 1 atom stereocenters. The molecular formula is C28H21Cl2N5O3. The highest BCUT2D eigenvalue weighted by atomic mass is 35.5. The lowest BCUT2D eigenvalue weighted by Crippen LogP contribution is -2.37. The highest BCUT2D eigenvalue weighted by Crippen LogP contribution is 2.33. The maximum Gasteiger partial charge on any atom is 0.404 e. The van der Waals surface area contributed by atoms with Crippen molar-refractivity contribution in [1.82, 2.24) is 20.2 Å². The molecule has 8 nitrogen and oxygen atoms in total. The first-order chi connectivity index (χ1) is 18.3. The number of H-pyrrole nitrogens is 1. The Bertz CT molecular complexity index is 1600. The number of aromatic amines is 1. The van der Waals surface area contributed by atoms with Crippen molar-refractivity contribution in [3.05, 3.63) is 87.7 Å². The van der Waals surface area contributed by atoms with E-state index in [4.69, 9.17) is 28.3 Å². The van der Waals surface area contributed by atoms with Crippen molar-refractivity contribution in [1.29, 1.82) is 5.26 Å². The van der Waals surface area contributed by atoms with E-state index in [2.05, 4.69) is 21.4 Å². The molecule has 3 heterocycles. The highest BCUT2D eigenvalue weighted by molar-refractivity contribution is 6.38. The van der Waals surface area contributed by atoms with Gasteiger partial charge in [-0.1, -0.05) is 41.4 Å². The second-order valence-electron chi connectivity index (χ2n) is 8.89. The van der Waals surface area contributed by atoms with Gasteiger partial charge in [0.05, 0.1) is 27.7 Å². The first kappa shape index (κ1) is 25.3. The van der Waals surface area contributed by atoms with Gasteiger partial charge in [0.25, 0.3) is 5.91 Å². The van der Waals surface area contributed by atoms with Gasteiger partial charge in [0.15, 0.2) is 0 Å². The fraction of sp³-hybridized carbons (Fsp3) is 0.143. The van der Waals surface area contributed by atoms with E-state index in [1.54, 1.807) is 53.7 Å². The Kier molecular flexibility index (Phi) is 7.05. The van der Waals surface area contributed by atoms with Gasteiger partial charge in [-0.25, -0.2) is 9.78 Å². The van der Waals surface area contributed by atoms with Crippen LogP contribution in [0.2, 0.25) is 10.0 Å². The van der Waals surface area contributed by atoms with Crippen molar-refractivity contribution in [2.45, 2.75) is 12.5 Å². The maximum atomic E-state index is 12.9. The lowest BCUT2D eigenvalue weighted by atomic mass is 10.0. The Balaban J connectivity index is 1.40. The zero-order chi connectivity index (χ0) is 26.8. The Morgan fingerprint density at radius 2 is 1.89 bits per heavy atom. The molecule has 0 spiro atoms. The van der Waals surface area contributed by atoms with Crippen LogP contribution < -0.4 is 5.32 Å². The van der Waals surface area contributed by atoms with Crippen LogP contribution in [0, 0.1) is 11.3 Å². The fourth-order valence-electron chi connectivity index (χ4n) is 4.60. The summed E-state index contributed by atoms with van der Waals surface area (Å²) in [5, 5.41) is 22.7. The number of likely N-dealkylation sites (tertiary alicyclic amines) is 1. The van der Waals surface area contributed by atoms with Crippen molar-refractivity contribution in [3.63, 3.8) is 0 Å². The molecule has 1 aliphatic heterocycles. The molecule has 1 saturated heterocycles. The number of aromatic nitrogens is 2. The summed E-state index contributed by atoms with van der Waals surface area (Å²) < 4.78 is 0. The van der Waals surface area contributed by atoms with E-state index in [0.29, 0.717) is 51.9 Å². The van der Waals surface area contributed by atoms with Gasteiger partial charge in [-0.15, -0.1) is 0 Å². The van der Waals surface area contributed by atoms with E-state index in [-0.39, 0.29) is 11.9 Å². The standard InChI is InChI=1S/C28H21Cl2N5O3/c29-23-2-1-3-24(30)25(23)18(12-31)10-20-14-33-26-22(20)11-19(13-32-26)16-4-6-17(7-5-16)27(36)35-9-8-21(15-35)34-28(37)38/h1-7,10-11,13-14,21,34H,8-9,15H2,(H,32,33)(H,37,38). The van der Waals surface area contributed by atoms with Gasteiger partial charge in [0.1, 0.15) is 5.65 Å². The third-order valence-electron chi connectivity index (χ3n) is 6.48. The van der Waals surface area contributed by atoms with Crippen LogP contribution in [0.1, 0.15) is 27.9 Å².